The third-order valence-corrected chi connectivity index (χ3v) is 6.36. The minimum atomic E-state index is -0.281. The summed E-state index contributed by atoms with van der Waals surface area (Å²) in [7, 11) is 0. The van der Waals surface area contributed by atoms with E-state index in [0.29, 0.717) is 30.3 Å². The van der Waals surface area contributed by atoms with E-state index in [2.05, 4.69) is 16.4 Å². The molecule has 2 N–H and O–H groups in total. The Hall–Kier alpha value is -2.77. The SMILES string of the molecule is Cc1ccc(C)c2[nH]c(=O)c(CN(Cc3ccc(F)cc3)C(=S)NC[C@@H]3CCCO3)cc12. The Balaban J connectivity index is 1.60. The average molecular weight is 454 g/mol. The molecule has 0 aliphatic carbocycles. The molecule has 1 saturated heterocycles. The molecule has 1 atom stereocenters. The van der Waals surface area contributed by atoms with Crippen molar-refractivity contribution < 1.29 is 9.13 Å². The van der Waals surface area contributed by atoms with Crippen LogP contribution in [0.25, 0.3) is 10.9 Å². The molecule has 1 aromatic heterocycles. The molecule has 4 rings (SSSR count). The van der Waals surface area contributed by atoms with Crippen molar-refractivity contribution in [1.82, 2.24) is 15.2 Å². The first-order valence-electron chi connectivity index (χ1n) is 10.9. The summed E-state index contributed by atoms with van der Waals surface area (Å²) in [5.74, 6) is -0.281. The number of pyridine rings is 1. The van der Waals surface area contributed by atoms with Crippen LogP contribution in [0.3, 0.4) is 0 Å². The lowest BCUT2D eigenvalue weighted by molar-refractivity contribution is 0.113. The molecule has 5 nitrogen and oxygen atoms in total. The topological polar surface area (TPSA) is 57.4 Å². The van der Waals surface area contributed by atoms with E-state index in [4.69, 9.17) is 17.0 Å². The van der Waals surface area contributed by atoms with Gasteiger partial charge in [0.05, 0.1) is 18.2 Å². The molecular formula is C25H28FN3O2S. The number of thiocarbonyl (C=S) groups is 1. The van der Waals surface area contributed by atoms with Gasteiger partial charge in [0.1, 0.15) is 5.82 Å². The van der Waals surface area contributed by atoms with Crippen molar-refractivity contribution in [1.29, 1.82) is 0 Å². The predicted octanol–water partition coefficient (Wildman–Crippen LogP) is 4.34. The molecule has 1 aliphatic heterocycles. The fourth-order valence-electron chi connectivity index (χ4n) is 4.07. The molecule has 2 heterocycles. The van der Waals surface area contributed by atoms with Crippen LogP contribution in [0.2, 0.25) is 0 Å². The van der Waals surface area contributed by atoms with E-state index in [1.165, 1.54) is 12.1 Å². The molecular weight excluding hydrogens is 425 g/mol. The Morgan fingerprint density at radius 1 is 1.19 bits per heavy atom. The summed E-state index contributed by atoms with van der Waals surface area (Å²) in [5, 5.41) is 4.87. The molecule has 0 saturated carbocycles. The Morgan fingerprint density at radius 2 is 1.94 bits per heavy atom. The first-order chi connectivity index (χ1) is 15.4. The van der Waals surface area contributed by atoms with Crippen LogP contribution in [0, 0.1) is 19.7 Å². The summed E-state index contributed by atoms with van der Waals surface area (Å²) in [6.45, 7) is 6.24. The normalized spacial score (nSPS) is 15.8. The van der Waals surface area contributed by atoms with Gasteiger partial charge in [0.25, 0.3) is 5.56 Å². The van der Waals surface area contributed by atoms with Crippen LogP contribution >= 0.6 is 12.2 Å². The van der Waals surface area contributed by atoms with Gasteiger partial charge in [0.2, 0.25) is 0 Å². The number of hydrogen-bond acceptors (Lipinski definition) is 3. The van der Waals surface area contributed by atoms with Gasteiger partial charge in [0.15, 0.2) is 5.11 Å². The average Bonchev–Trinajstić information content (AvgIpc) is 3.30. The molecule has 0 unspecified atom stereocenters. The number of benzene rings is 2. The van der Waals surface area contributed by atoms with Gasteiger partial charge in [0, 0.05) is 30.6 Å². The smallest absolute Gasteiger partial charge is 0.253 e. The number of H-pyrrole nitrogens is 1. The quantitative estimate of drug-likeness (QED) is 0.544. The Morgan fingerprint density at radius 3 is 2.66 bits per heavy atom. The first-order valence-corrected chi connectivity index (χ1v) is 11.3. The summed E-state index contributed by atoms with van der Waals surface area (Å²) < 4.78 is 19.1. The second kappa shape index (κ2) is 9.79. The molecule has 0 bridgehead atoms. The standard InChI is InChI=1S/C25H28FN3O2S/c1-16-5-6-17(2)23-22(16)12-19(24(30)28-23)15-29(14-18-7-9-20(26)10-8-18)25(32)27-13-21-4-3-11-31-21/h5-10,12,21H,3-4,11,13-15H2,1-2H3,(H,27,32)(H,28,30)/t21-/m0/s1. The van der Waals surface area contributed by atoms with Crippen molar-refractivity contribution in [3.05, 3.63) is 80.9 Å². The van der Waals surface area contributed by atoms with Gasteiger partial charge in [-0.15, -0.1) is 0 Å². The van der Waals surface area contributed by atoms with Crippen molar-refractivity contribution in [2.45, 2.75) is 45.9 Å². The van der Waals surface area contributed by atoms with Gasteiger partial charge in [-0.3, -0.25) is 4.79 Å². The number of rotatable bonds is 6. The highest BCUT2D eigenvalue weighted by Crippen LogP contribution is 2.21. The monoisotopic (exact) mass is 453 g/mol. The summed E-state index contributed by atoms with van der Waals surface area (Å²) in [6.07, 6.45) is 2.22. The molecule has 7 heteroatoms. The van der Waals surface area contributed by atoms with Crippen LogP contribution in [-0.2, 0) is 17.8 Å². The van der Waals surface area contributed by atoms with Gasteiger partial charge in [-0.25, -0.2) is 4.39 Å². The van der Waals surface area contributed by atoms with Crippen LogP contribution in [0.15, 0.2) is 47.3 Å². The predicted molar refractivity (Wildman–Crippen MR) is 129 cm³/mol. The molecule has 3 aromatic rings. The summed E-state index contributed by atoms with van der Waals surface area (Å²) >= 11 is 5.69. The number of fused-ring (bicyclic) bond motifs is 1. The lowest BCUT2D eigenvalue weighted by Crippen LogP contribution is -2.42. The fourth-order valence-corrected chi connectivity index (χ4v) is 4.28. The van der Waals surface area contributed by atoms with Crippen LogP contribution in [0.1, 0.15) is 35.1 Å². The number of aromatic amines is 1. The third-order valence-electron chi connectivity index (χ3n) is 5.96. The number of halogens is 1. The molecule has 0 amide bonds. The zero-order valence-electron chi connectivity index (χ0n) is 18.4. The first kappa shape index (κ1) is 22.4. The molecule has 1 fully saturated rings. The second-order valence-corrected chi connectivity index (χ2v) is 8.80. The minimum Gasteiger partial charge on any atom is -0.376 e. The van der Waals surface area contributed by atoms with Crippen molar-refractivity contribution in [2.24, 2.45) is 0 Å². The van der Waals surface area contributed by atoms with Gasteiger partial charge in [-0.1, -0.05) is 24.3 Å². The Labute approximate surface area is 192 Å². The van der Waals surface area contributed by atoms with Gasteiger partial charge < -0.3 is 19.9 Å². The Bertz CT molecular complexity index is 1170. The lowest BCUT2D eigenvalue weighted by Gasteiger charge is -2.27. The second-order valence-electron chi connectivity index (χ2n) is 8.42. The van der Waals surface area contributed by atoms with Crippen molar-refractivity contribution in [3.63, 3.8) is 0 Å². The van der Waals surface area contributed by atoms with Crippen molar-refractivity contribution in [3.8, 4) is 0 Å². The summed E-state index contributed by atoms with van der Waals surface area (Å²) in [4.78, 5) is 17.9. The van der Waals surface area contributed by atoms with Crippen molar-refractivity contribution in [2.75, 3.05) is 13.2 Å². The van der Waals surface area contributed by atoms with Crippen LogP contribution < -0.4 is 10.9 Å². The van der Waals surface area contributed by atoms with Gasteiger partial charge in [-0.2, -0.15) is 0 Å². The number of ether oxygens (including phenoxy) is 1. The van der Waals surface area contributed by atoms with E-state index in [0.717, 1.165) is 47.0 Å². The number of hydrogen-bond donors (Lipinski definition) is 2. The summed E-state index contributed by atoms with van der Waals surface area (Å²) in [6, 6.07) is 12.4. The zero-order chi connectivity index (χ0) is 22.7. The van der Waals surface area contributed by atoms with Crippen LogP contribution in [0.4, 0.5) is 4.39 Å². The maximum Gasteiger partial charge on any atom is 0.253 e. The maximum atomic E-state index is 13.4. The van der Waals surface area contributed by atoms with E-state index in [1.807, 2.05) is 30.9 Å². The maximum absolute atomic E-state index is 13.4. The molecule has 168 valence electrons. The lowest BCUT2D eigenvalue weighted by atomic mass is 10.0. The van der Waals surface area contributed by atoms with E-state index < -0.39 is 0 Å². The highest BCUT2D eigenvalue weighted by atomic mass is 32.1. The van der Waals surface area contributed by atoms with E-state index >= 15 is 0 Å². The minimum absolute atomic E-state index is 0.128. The molecule has 0 radical (unpaired) electrons. The zero-order valence-corrected chi connectivity index (χ0v) is 19.2. The Kier molecular flexibility index (Phi) is 6.86. The van der Waals surface area contributed by atoms with Crippen LogP contribution in [-0.4, -0.2) is 34.3 Å². The third kappa shape index (κ3) is 5.16. The molecule has 1 aliphatic rings. The molecule has 0 spiro atoms. The molecule has 2 aromatic carbocycles. The van der Waals surface area contributed by atoms with Crippen molar-refractivity contribution >= 4 is 28.2 Å². The number of aromatic nitrogens is 1. The number of nitrogens with zero attached hydrogens (tertiary/aromatic N) is 1. The largest absolute Gasteiger partial charge is 0.376 e. The van der Waals surface area contributed by atoms with Gasteiger partial charge in [-0.05, 0) is 73.8 Å². The molecule has 32 heavy (non-hydrogen) atoms. The van der Waals surface area contributed by atoms with Gasteiger partial charge >= 0.3 is 0 Å². The van der Waals surface area contributed by atoms with Crippen LogP contribution in [0.5, 0.6) is 0 Å². The van der Waals surface area contributed by atoms with E-state index in [1.54, 1.807) is 12.1 Å². The number of nitrogens with one attached hydrogen (secondary N) is 2. The number of aryl methyl sites for hydroxylation is 2. The highest BCUT2D eigenvalue weighted by molar-refractivity contribution is 7.80. The van der Waals surface area contributed by atoms with E-state index in [9.17, 15) is 9.18 Å². The van der Waals surface area contributed by atoms with E-state index in [-0.39, 0.29) is 17.5 Å². The highest BCUT2D eigenvalue weighted by Gasteiger charge is 2.19. The summed E-state index contributed by atoms with van der Waals surface area (Å²) in [5.41, 5.74) is 4.42. The fraction of sp³-hybridized carbons (Fsp3) is 0.360.